The third-order valence-electron chi connectivity index (χ3n) is 2.32. The van der Waals surface area contributed by atoms with Gasteiger partial charge in [0.2, 0.25) is 0 Å². The van der Waals surface area contributed by atoms with E-state index < -0.39 is 5.97 Å². The molecule has 0 saturated carbocycles. The lowest BCUT2D eigenvalue weighted by Gasteiger charge is -2.07. The molecule has 0 spiro atoms. The Morgan fingerprint density at radius 2 is 2.00 bits per heavy atom. The third-order valence-corrected chi connectivity index (χ3v) is 2.32. The highest BCUT2D eigenvalue weighted by Gasteiger charge is 2.01. The molecule has 4 heteroatoms. The second kappa shape index (κ2) is 6.49. The summed E-state index contributed by atoms with van der Waals surface area (Å²) in [7, 11) is 3.16. The Hall–Kier alpha value is -2.23. The van der Waals surface area contributed by atoms with Gasteiger partial charge in [-0.3, -0.25) is 0 Å². The minimum atomic E-state index is -0.959. The highest BCUT2D eigenvalue weighted by atomic mass is 16.5. The molecular weight excluding hydrogens is 232 g/mol. The molecule has 0 bridgehead atoms. The number of carbonyl (C=O) groups is 1. The number of methoxy groups -OCH3 is 2. The largest absolute Gasteiger partial charge is 0.497 e. The van der Waals surface area contributed by atoms with Crippen LogP contribution in [-0.2, 0) is 4.79 Å². The van der Waals surface area contributed by atoms with Gasteiger partial charge < -0.3 is 14.6 Å². The van der Waals surface area contributed by atoms with Gasteiger partial charge in [0.25, 0.3) is 0 Å². The third kappa shape index (κ3) is 3.97. The van der Waals surface area contributed by atoms with E-state index in [1.165, 1.54) is 0 Å². The standard InChI is InChI=1S/C14H16O4/c1-10(8-14(15)16)4-5-11-6-7-12(17-2)9-13(11)18-3/h4-9H,1-3H3,(H,15,16)/b5-4+,10-8+. The number of allylic oxidation sites excluding steroid dienone is 2. The van der Waals surface area contributed by atoms with E-state index in [4.69, 9.17) is 14.6 Å². The van der Waals surface area contributed by atoms with Gasteiger partial charge in [0, 0.05) is 17.7 Å². The molecule has 0 aliphatic carbocycles. The zero-order valence-corrected chi connectivity index (χ0v) is 10.6. The number of carboxylic acid groups (broad SMARTS) is 1. The first-order valence-corrected chi connectivity index (χ1v) is 5.38. The quantitative estimate of drug-likeness (QED) is 0.643. The van der Waals surface area contributed by atoms with Crippen LogP contribution in [0.25, 0.3) is 6.08 Å². The van der Waals surface area contributed by atoms with Crippen molar-refractivity contribution < 1.29 is 19.4 Å². The van der Waals surface area contributed by atoms with Gasteiger partial charge in [-0.15, -0.1) is 0 Å². The zero-order valence-electron chi connectivity index (χ0n) is 10.6. The fraction of sp³-hybridized carbons (Fsp3) is 0.214. The van der Waals surface area contributed by atoms with Crippen molar-refractivity contribution in [1.29, 1.82) is 0 Å². The number of aliphatic carboxylic acids is 1. The molecule has 0 heterocycles. The van der Waals surface area contributed by atoms with Crippen LogP contribution in [0, 0.1) is 0 Å². The van der Waals surface area contributed by atoms with E-state index in [1.54, 1.807) is 39.4 Å². The summed E-state index contributed by atoms with van der Waals surface area (Å²) in [6.45, 7) is 1.72. The SMILES string of the molecule is COc1ccc(/C=C/C(C)=C/C(=O)O)c(OC)c1. The van der Waals surface area contributed by atoms with Crippen LogP contribution >= 0.6 is 0 Å². The second-order valence-corrected chi connectivity index (χ2v) is 3.67. The molecule has 1 N–H and O–H groups in total. The molecule has 0 radical (unpaired) electrons. The molecule has 0 atom stereocenters. The number of rotatable bonds is 5. The van der Waals surface area contributed by atoms with Crippen molar-refractivity contribution in [3.8, 4) is 11.5 Å². The predicted molar refractivity (Wildman–Crippen MR) is 70.0 cm³/mol. The Morgan fingerprint density at radius 1 is 1.28 bits per heavy atom. The molecule has 1 aromatic rings. The molecule has 0 fully saturated rings. The maximum Gasteiger partial charge on any atom is 0.328 e. The Balaban J connectivity index is 2.97. The van der Waals surface area contributed by atoms with Gasteiger partial charge in [-0.05, 0) is 24.6 Å². The Kier molecular flexibility index (Phi) is 4.99. The van der Waals surface area contributed by atoms with Crippen molar-refractivity contribution in [1.82, 2.24) is 0 Å². The van der Waals surface area contributed by atoms with Crippen LogP contribution in [0.5, 0.6) is 11.5 Å². The molecule has 0 amide bonds. The van der Waals surface area contributed by atoms with Crippen LogP contribution in [0.2, 0.25) is 0 Å². The normalized spacial score (nSPS) is 11.6. The lowest BCUT2D eigenvalue weighted by molar-refractivity contribution is -0.131. The average molecular weight is 248 g/mol. The molecule has 0 aromatic heterocycles. The average Bonchev–Trinajstić information content (AvgIpc) is 2.35. The zero-order chi connectivity index (χ0) is 13.5. The highest BCUT2D eigenvalue weighted by molar-refractivity contribution is 5.81. The van der Waals surface area contributed by atoms with Crippen molar-refractivity contribution in [2.45, 2.75) is 6.92 Å². The van der Waals surface area contributed by atoms with Crippen LogP contribution in [0.15, 0.2) is 35.9 Å². The highest BCUT2D eigenvalue weighted by Crippen LogP contribution is 2.25. The summed E-state index contributed by atoms with van der Waals surface area (Å²) in [6.07, 6.45) is 4.66. The maximum absolute atomic E-state index is 10.5. The van der Waals surface area contributed by atoms with Gasteiger partial charge in [-0.2, -0.15) is 0 Å². The molecule has 1 aromatic carbocycles. The molecule has 0 unspecified atom stereocenters. The summed E-state index contributed by atoms with van der Waals surface area (Å²) >= 11 is 0. The van der Waals surface area contributed by atoms with Crippen LogP contribution in [-0.4, -0.2) is 25.3 Å². The van der Waals surface area contributed by atoms with Crippen LogP contribution in [0.3, 0.4) is 0 Å². The molecule has 18 heavy (non-hydrogen) atoms. The van der Waals surface area contributed by atoms with Gasteiger partial charge >= 0.3 is 5.97 Å². The lowest BCUT2D eigenvalue weighted by atomic mass is 10.1. The van der Waals surface area contributed by atoms with E-state index >= 15 is 0 Å². The summed E-state index contributed by atoms with van der Waals surface area (Å²) in [5, 5.41) is 8.60. The summed E-state index contributed by atoms with van der Waals surface area (Å²) in [6, 6.07) is 5.44. The van der Waals surface area contributed by atoms with Crippen molar-refractivity contribution >= 4 is 12.0 Å². The van der Waals surface area contributed by atoms with E-state index in [0.717, 1.165) is 11.6 Å². The van der Waals surface area contributed by atoms with Gasteiger partial charge in [0.1, 0.15) is 11.5 Å². The molecule has 4 nitrogen and oxygen atoms in total. The first-order valence-electron chi connectivity index (χ1n) is 5.38. The van der Waals surface area contributed by atoms with Crippen LogP contribution in [0.1, 0.15) is 12.5 Å². The van der Waals surface area contributed by atoms with Crippen molar-refractivity contribution in [2.75, 3.05) is 14.2 Å². The first-order chi connectivity index (χ1) is 8.56. The number of ether oxygens (including phenoxy) is 2. The monoisotopic (exact) mass is 248 g/mol. The minimum absolute atomic E-state index is 0.653. The van der Waals surface area contributed by atoms with Crippen molar-refractivity contribution in [3.05, 3.63) is 41.5 Å². The van der Waals surface area contributed by atoms with Crippen molar-refractivity contribution in [2.24, 2.45) is 0 Å². The molecule has 1 rings (SSSR count). The van der Waals surface area contributed by atoms with E-state index in [0.29, 0.717) is 17.1 Å². The lowest BCUT2D eigenvalue weighted by Crippen LogP contribution is -1.90. The van der Waals surface area contributed by atoms with Gasteiger partial charge in [-0.25, -0.2) is 4.79 Å². The Morgan fingerprint density at radius 3 is 2.56 bits per heavy atom. The smallest absolute Gasteiger partial charge is 0.328 e. The molecule has 96 valence electrons. The second-order valence-electron chi connectivity index (χ2n) is 3.67. The van der Waals surface area contributed by atoms with Crippen molar-refractivity contribution in [3.63, 3.8) is 0 Å². The number of hydrogen-bond donors (Lipinski definition) is 1. The van der Waals surface area contributed by atoms with Crippen LogP contribution < -0.4 is 9.47 Å². The first kappa shape index (κ1) is 13.8. The van der Waals surface area contributed by atoms with Gasteiger partial charge in [0.15, 0.2) is 0 Å². The number of benzene rings is 1. The van der Waals surface area contributed by atoms with E-state index in [2.05, 4.69) is 0 Å². The Labute approximate surface area is 106 Å². The minimum Gasteiger partial charge on any atom is -0.497 e. The number of hydrogen-bond acceptors (Lipinski definition) is 3. The van der Waals surface area contributed by atoms with E-state index in [-0.39, 0.29) is 0 Å². The van der Waals surface area contributed by atoms with Gasteiger partial charge in [0.05, 0.1) is 14.2 Å². The predicted octanol–water partition coefficient (Wildman–Crippen LogP) is 2.75. The fourth-order valence-corrected chi connectivity index (χ4v) is 1.42. The number of carboxylic acids is 1. The molecule has 0 aliphatic heterocycles. The molecule has 0 saturated heterocycles. The maximum atomic E-state index is 10.5. The summed E-state index contributed by atoms with van der Waals surface area (Å²) in [4.78, 5) is 10.5. The summed E-state index contributed by atoms with van der Waals surface area (Å²) in [5.74, 6) is 0.425. The molecular formula is C14H16O4. The van der Waals surface area contributed by atoms with E-state index in [9.17, 15) is 4.79 Å². The topological polar surface area (TPSA) is 55.8 Å². The Bertz CT molecular complexity index is 487. The van der Waals surface area contributed by atoms with Crippen LogP contribution in [0.4, 0.5) is 0 Å². The fourth-order valence-electron chi connectivity index (χ4n) is 1.42. The molecule has 0 aliphatic rings. The van der Waals surface area contributed by atoms with Gasteiger partial charge in [-0.1, -0.05) is 12.2 Å². The summed E-state index contributed by atoms with van der Waals surface area (Å²) < 4.78 is 10.3. The summed E-state index contributed by atoms with van der Waals surface area (Å²) in [5.41, 5.74) is 1.51. The van der Waals surface area contributed by atoms with E-state index in [1.807, 2.05) is 12.1 Å².